The zero-order valence-electron chi connectivity index (χ0n) is 12.0. The van der Waals surface area contributed by atoms with Gasteiger partial charge in [0.15, 0.2) is 0 Å². The van der Waals surface area contributed by atoms with Crippen LogP contribution in [0.2, 0.25) is 0 Å². The second-order valence-electron chi connectivity index (χ2n) is 5.33. The average Bonchev–Trinajstić information content (AvgIpc) is 3.30. The molecule has 5 nitrogen and oxygen atoms in total. The van der Waals surface area contributed by atoms with Gasteiger partial charge < -0.3 is 15.2 Å². The van der Waals surface area contributed by atoms with Gasteiger partial charge in [0.2, 0.25) is 0 Å². The van der Waals surface area contributed by atoms with Crippen LogP contribution < -0.4 is 10.1 Å². The molecule has 0 heterocycles. The van der Waals surface area contributed by atoms with E-state index in [2.05, 4.69) is 11.9 Å². The van der Waals surface area contributed by atoms with Crippen LogP contribution in [-0.4, -0.2) is 29.1 Å². The van der Waals surface area contributed by atoms with E-state index in [0.717, 1.165) is 12.8 Å². The minimum atomic E-state index is -1.23. The Labute approximate surface area is 123 Å². The molecule has 1 fully saturated rings. The number of amides is 1. The van der Waals surface area contributed by atoms with Crippen LogP contribution in [0, 0.1) is 5.92 Å². The third-order valence-corrected chi connectivity index (χ3v) is 3.70. The monoisotopic (exact) mass is 289 g/mol. The number of benzene rings is 1. The molecule has 21 heavy (non-hydrogen) atoms. The first-order valence-corrected chi connectivity index (χ1v) is 6.87. The first kappa shape index (κ1) is 15.1. The number of ether oxygens (including phenoxy) is 1. The molecule has 1 aliphatic carbocycles. The van der Waals surface area contributed by atoms with Crippen molar-refractivity contribution in [3.8, 4) is 5.75 Å². The van der Waals surface area contributed by atoms with Crippen LogP contribution >= 0.6 is 0 Å². The summed E-state index contributed by atoms with van der Waals surface area (Å²) in [5, 5.41) is 12.0. The lowest BCUT2D eigenvalue weighted by Crippen LogP contribution is -2.54. The summed E-state index contributed by atoms with van der Waals surface area (Å²) in [6, 6.07) is 6.76. The van der Waals surface area contributed by atoms with Crippen LogP contribution in [0.5, 0.6) is 5.75 Å². The second kappa shape index (κ2) is 5.99. The number of carbonyl (C=O) groups excluding carboxylic acids is 1. The van der Waals surface area contributed by atoms with Crippen LogP contribution in [0.4, 0.5) is 0 Å². The fourth-order valence-corrected chi connectivity index (χ4v) is 2.22. The molecule has 112 valence electrons. The fraction of sp³-hybridized carbons (Fsp3) is 0.375. The highest BCUT2D eigenvalue weighted by molar-refractivity contribution is 6.00. The summed E-state index contributed by atoms with van der Waals surface area (Å²) < 4.78 is 5.43. The topological polar surface area (TPSA) is 75.6 Å². The predicted octanol–water partition coefficient (Wildman–Crippen LogP) is 2.23. The Hall–Kier alpha value is -2.30. The maximum absolute atomic E-state index is 12.4. The highest BCUT2D eigenvalue weighted by Gasteiger charge is 2.48. The molecule has 1 aromatic carbocycles. The van der Waals surface area contributed by atoms with Gasteiger partial charge in [-0.2, -0.15) is 0 Å². The van der Waals surface area contributed by atoms with Gasteiger partial charge in [0.25, 0.3) is 5.91 Å². The second-order valence-corrected chi connectivity index (χ2v) is 5.33. The van der Waals surface area contributed by atoms with Crippen molar-refractivity contribution in [2.24, 2.45) is 5.92 Å². The van der Waals surface area contributed by atoms with Crippen LogP contribution in [0.3, 0.4) is 0 Å². The van der Waals surface area contributed by atoms with Gasteiger partial charge in [0.1, 0.15) is 17.9 Å². The van der Waals surface area contributed by atoms with E-state index in [-0.39, 0.29) is 12.5 Å². The van der Waals surface area contributed by atoms with Crippen molar-refractivity contribution in [1.82, 2.24) is 5.32 Å². The summed E-state index contributed by atoms with van der Waals surface area (Å²) in [5.74, 6) is -1.05. The zero-order valence-corrected chi connectivity index (χ0v) is 12.0. The molecule has 1 aliphatic rings. The number of rotatable bonds is 7. The molecule has 1 unspecified atom stereocenters. The quantitative estimate of drug-likeness (QED) is 0.755. The maximum Gasteiger partial charge on any atom is 0.329 e. The Morgan fingerprint density at radius 3 is 2.71 bits per heavy atom. The smallest absolute Gasteiger partial charge is 0.329 e. The summed E-state index contributed by atoms with van der Waals surface area (Å²) in [5.41, 5.74) is -0.907. The van der Waals surface area contributed by atoms with Gasteiger partial charge in [-0.15, -0.1) is 0 Å². The van der Waals surface area contributed by atoms with Crippen LogP contribution in [0.25, 0.3) is 0 Å². The number of carboxylic acid groups (broad SMARTS) is 1. The van der Waals surface area contributed by atoms with Crippen molar-refractivity contribution in [3.05, 3.63) is 42.5 Å². The Morgan fingerprint density at radius 2 is 2.14 bits per heavy atom. The summed E-state index contributed by atoms with van der Waals surface area (Å²) >= 11 is 0. The summed E-state index contributed by atoms with van der Waals surface area (Å²) in [4.78, 5) is 23.9. The number of para-hydroxylation sites is 1. The fourth-order valence-electron chi connectivity index (χ4n) is 2.22. The van der Waals surface area contributed by atoms with Crippen LogP contribution in [0.15, 0.2) is 36.9 Å². The average molecular weight is 289 g/mol. The van der Waals surface area contributed by atoms with Crippen molar-refractivity contribution in [3.63, 3.8) is 0 Å². The van der Waals surface area contributed by atoms with E-state index in [1.54, 1.807) is 37.3 Å². The molecule has 0 aliphatic heterocycles. The van der Waals surface area contributed by atoms with Crippen LogP contribution in [0.1, 0.15) is 30.1 Å². The molecule has 1 atom stereocenters. The predicted molar refractivity (Wildman–Crippen MR) is 78.4 cm³/mol. The van der Waals surface area contributed by atoms with E-state index in [1.807, 2.05) is 0 Å². The molecule has 0 saturated heterocycles. The minimum Gasteiger partial charge on any atom is -0.489 e. The number of carbonyl (C=O) groups is 2. The third-order valence-electron chi connectivity index (χ3n) is 3.70. The molecule has 5 heteroatoms. The maximum atomic E-state index is 12.4. The molecule has 2 N–H and O–H groups in total. The van der Waals surface area contributed by atoms with E-state index in [0.29, 0.717) is 11.3 Å². The summed E-state index contributed by atoms with van der Waals surface area (Å²) in [7, 11) is 0. The molecule has 0 bridgehead atoms. The Morgan fingerprint density at radius 1 is 1.48 bits per heavy atom. The number of hydrogen-bond acceptors (Lipinski definition) is 3. The molecule has 0 aromatic heterocycles. The molecule has 0 radical (unpaired) electrons. The molecular weight excluding hydrogens is 270 g/mol. The SMILES string of the molecule is C=CCOc1ccccc1C(=O)NC(C)(C(=O)O)C1CC1. The van der Waals surface area contributed by atoms with E-state index in [4.69, 9.17) is 4.74 Å². The van der Waals surface area contributed by atoms with Crippen molar-refractivity contribution in [1.29, 1.82) is 0 Å². The summed E-state index contributed by atoms with van der Waals surface area (Å²) in [6.45, 7) is 5.40. The molecule has 1 saturated carbocycles. The van der Waals surface area contributed by atoms with Gasteiger partial charge in [-0.05, 0) is 37.8 Å². The van der Waals surface area contributed by atoms with E-state index in [9.17, 15) is 14.7 Å². The molecule has 2 rings (SSSR count). The largest absolute Gasteiger partial charge is 0.489 e. The van der Waals surface area contributed by atoms with Gasteiger partial charge >= 0.3 is 5.97 Å². The molecule has 0 spiro atoms. The van der Waals surface area contributed by atoms with Crippen LogP contribution in [-0.2, 0) is 4.79 Å². The Bertz CT molecular complexity index is 565. The third kappa shape index (κ3) is 3.24. The van der Waals surface area contributed by atoms with Gasteiger partial charge in [-0.25, -0.2) is 4.79 Å². The molecule has 1 amide bonds. The van der Waals surface area contributed by atoms with Crippen molar-refractivity contribution in [2.75, 3.05) is 6.61 Å². The standard InChI is InChI=1S/C16H19NO4/c1-3-10-21-13-7-5-4-6-12(13)14(18)17-16(2,15(19)20)11-8-9-11/h3-7,11H,1,8-10H2,2H3,(H,17,18)(H,19,20). The highest BCUT2D eigenvalue weighted by atomic mass is 16.5. The Kier molecular flexibility index (Phi) is 4.31. The van der Waals surface area contributed by atoms with Gasteiger partial charge in [0, 0.05) is 0 Å². The molecular formula is C16H19NO4. The van der Waals surface area contributed by atoms with E-state index in [1.165, 1.54) is 0 Å². The first-order valence-electron chi connectivity index (χ1n) is 6.87. The summed E-state index contributed by atoms with van der Waals surface area (Å²) in [6.07, 6.45) is 3.22. The number of carboxylic acids is 1. The van der Waals surface area contributed by atoms with Crippen molar-refractivity contribution < 1.29 is 19.4 Å². The lowest BCUT2D eigenvalue weighted by molar-refractivity contribution is -0.144. The van der Waals surface area contributed by atoms with Crippen molar-refractivity contribution >= 4 is 11.9 Å². The van der Waals surface area contributed by atoms with Gasteiger partial charge in [-0.3, -0.25) is 4.79 Å². The minimum absolute atomic E-state index is 0.0137. The number of nitrogens with one attached hydrogen (secondary N) is 1. The normalized spacial score (nSPS) is 16.6. The molecule has 1 aromatic rings. The lowest BCUT2D eigenvalue weighted by Gasteiger charge is -2.26. The van der Waals surface area contributed by atoms with Crippen molar-refractivity contribution in [2.45, 2.75) is 25.3 Å². The first-order chi connectivity index (χ1) is 9.99. The zero-order chi connectivity index (χ0) is 15.5. The van der Waals surface area contributed by atoms with Gasteiger partial charge in [-0.1, -0.05) is 24.8 Å². The Balaban J connectivity index is 2.20. The van der Waals surface area contributed by atoms with E-state index < -0.39 is 17.4 Å². The number of aliphatic carboxylic acids is 1. The van der Waals surface area contributed by atoms with E-state index >= 15 is 0 Å². The lowest BCUT2D eigenvalue weighted by atomic mass is 9.95. The van der Waals surface area contributed by atoms with Gasteiger partial charge in [0.05, 0.1) is 5.56 Å². The highest BCUT2D eigenvalue weighted by Crippen LogP contribution is 2.40. The number of hydrogen-bond donors (Lipinski definition) is 2.